The number of aromatic nitrogens is 1. The molecule has 0 aliphatic carbocycles. The van der Waals surface area contributed by atoms with Crippen molar-refractivity contribution in [1.29, 1.82) is 0 Å². The lowest BCUT2D eigenvalue weighted by molar-refractivity contribution is -0.206. The van der Waals surface area contributed by atoms with Gasteiger partial charge in [-0.05, 0) is 6.07 Å². The van der Waals surface area contributed by atoms with Gasteiger partial charge in [-0.25, -0.2) is 4.57 Å². The number of hydrogen-bond donors (Lipinski definition) is 1. The van der Waals surface area contributed by atoms with Gasteiger partial charge in [0.05, 0.1) is 5.69 Å². The van der Waals surface area contributed by atoms with Gasteiger partial charge in [0.2, 0.25) is 0 Å². The van der Waals surface area contributed by atoms with Crippen molar-refractivity contribution < 1.29 is 13.2 Å². The molecule has 0 aliphatic rings. The summed E-state index contributed by atoms with van der Waals surface area (Å²) in [5, 5.41) is 2.51. The average Bonchev–Trinajstić information content (AvgIpc) is 2.03. The van der Waals surface area contributed by atoms with Crippen LogP contribution in [-0.4, -0.2) is 11.6 Å². The largest absolute Gasteiger partial charge is 0.491 e. The topological polar surface area (TPSA) is 34.0 Å². The van der Waals surface area contributed by atoms with Crippen molar-refractivity contribution in [3.05, 3.63) is 28.7 Å². The number of hydrogen-bond acceptors (Lipinski definition) is 2. The van der Waals surface area contributed by atoms with Crippen molar-refractivity contribution in [2.75, 3.05) is 12.4 Å². The van der Waals surface area contributed by atoms with E-state index in [0.29, 0.717) is 6.20 Å². The number of nitrogens with one attached hydrogen (secondary N) is 1. The molecule has 1 rings (SSSR count). The summed E-state index contributed by atoms with van der Waals surface area (Å²) in [6.07, 6.45) is -3.95. The first-order valence-corrected chi connectivity index (χ1v) is 3.43. The monoisotopic (exact) mass is 192 g/mol. The van der Waals surface area contributed by atoms with Gasteiger partial charge < -0.3 is 5.32 Å². The second kappa shape index (κ2) is 3.12. The minimum absolute atomic E-state index is 0.233. The molecule has 13 heavy (non-hydrogen) atoms. The maximum atomic E-state index is 12.1. The van der Waals surface area contributed by atoms with Crippen molar-refractivity contribution in [3.63, 3.8) is 0 Å². The molecule has 0 radical (unpaired) electrons. The van der Waals surface area contributed by atoms with Gasteiger partial charge in [-0.1, -0.05) is 0 Å². The van der Waals surface area contributed by atoms with Crippen molar-refractivity contribution >= 4 is 5.69 Å². The van der Waals surface area contributed by atoms with Gasteiger partial charge in [-0.2, -0.15) is 0 Å². The molecular weight excluding hydrogens is 185 g/mol. The van der Waals surface area contributed by atoms with Crippen LogP contribution in [-0.2, 0) is 6.30 Å². The Kier molecular flexibility index (Phi) is 2.31. The van der Waals surface area contributed by atoms with Crippen molar-refractivity contribution in [2.24, 2.45) is 0 Å². The van der Waals surface area contributed by atoms with Gasteiger partial charge in [-0.3, -0.25) is 4.79 Å². The first-order chi connectivity index (χ1) is 5.95. The SMILES string of the molecule is CNc1ccc(=O)n(C(F)(F)F)c1. The molecule has 0 fully saturated rings. The molecule has 0 atom stereocenters. The first-order valence-electron chi connectivity index (χ1n) is 3.43. The quantitative estimate of drug-likeness (QED) is 0.729. The van der Waals surface area contributed by atoms with Gasteiger partial charge in [-0.15, -0.1) is 13.2 Å². The minimum Gasteiger partial charge on any atom is -0.387 e. The molecule has 0 unspecified atom stereocenters. The second-order valence-corrected chi connectivity index (χ2v) is 2.34. The fraction of sp³-hybridized carbons (Fsp3) is 0.286. The Labute approximate surface area is 71.8 Å². The Morgan fingerprint density at radius 2 is 2.00 bits per heavy atom. The molecule has 3 nitrogen and oxygen atoms in total. The lowest BCUT2D eigenvalue weighted by Crippen LogP contribution is -2.29. The third kappa shape index (κ3) is 2.01. The second-order valence-electron chi connectivity index (χ2n) is 2.34. The van der Waals surface area contributed by atoms with E-state index in [1.54, 1.807) is 0 Å². The molecular formula is C7H7F3N2O. The summed E-state index contributed by atoms with van der Waals surface area (Å²) in [6.45, 7) is 0. The van der Waals surface area contributed by atoms with E-state index in [4.69, 9.17) is 0 Å². The zero-order chi connectivity index (χ0) is 10.1. The highest BCUT2D eigenvalue weighted by Crippen LogP contribution is 2.20. The molecule has 1 heterocycles. The number of pyridine rings is 1. The number of anilines is 1. The van der Waals surface area contributed by atoms with E-state index in [1.165, 1.54) is 13.1 Å². The summed E-state index contributed by atoms with van der Waals surface area (Å²) in [7, 11) is 1.47. The highest BCUT2D eigenvalue weighted by atomic mass is 19.4. The van der Waals surface area contributed by atoms with E-state index in [-0.39, 0.29) is 10.3 Å². The van der Waals surface area contributed by atoms with Crippen molar-refractivity contribution in [3.8, 4) is 0 Å². The Balaban J connectivity index is 3.28. The Hall–Kier alpha value is -1.46. The van der Waals surface area contributed by atoms with Crippen LogP contribution >= 0.6 is 0 Å². The van der Waals surface area contributed by atoms with Crippen molar-refractivity contribution in [2.45, 2.75) is 6.30 Å². The van der Waals surface area contributed by atoms with E-state index >= 15 is 0 Å². The molecule has 0 amide bonds. The highest BCUT2D eigenvalue weighted by molar-refractivity contribution is 5.39. The molecule has 0 spiro atoms. The third-order valence-corrected chi connectivity index (χ3v) is 1.47. The maximum Gasteiger partial charge on any atom is 0.491 e. The molecule has 0 saturated carbocycles. The van der Waals surface area contributed by atoms with Crippen LogP contribution < -0.4 is 10.9 Å². The molecule has 0 aliphatic heterocycles. The number of halogens is 3. The van der Waals surface area contributed by atoms with E-state index in [9.17, 15) is 18.0 Å². The van der Waals surface area contributed by atoms with Gasteiger partial charge in [0, 0.05) is 19.3 Å². The summed E-state index contributed by atoms with van der Waals surface area (Å²) >= 11 is 0. The van der Waals surface area contributed by atoms with E-state index < -0.39 is 11.9 Å². The lowest BCUT2D eigenvalue weighted by atomic mass is 10.4. The average molecular weight is 192 g/mol. The fourth-order valence-electron chi connectivity index (χ4n) is 0.833. The smallest absolute Gasteiger partial charge is 0.387 e. The minimum atomic E-state index is -4.66. The summed E-state index contributed by atoms with van der Waals surface area (Å²) in [5.74, 6) is 0. The Morgan fingerprint density at radius 3 is 2.46 bits per heavy atom. The molecule has 1 aromatic heterocycles. The van der Waals surface area contributed by atoms with Crippen LogP contribution in [0.3, 0.4) is 0 Å². The van der Waals surface area contributed by atoms with Crippen molar-refractivity contribution in [1.82, 2.24) is 4.57 Å². The van der Waals surface area contributed by atoms with Gasteiger partial charge in [0.15, 0.2) is 0 Å². The van der Waals surface area contributed by atoms with Gasteiger partial charge >= 0.3 is 6.30 Å². The molecule has 1 N–H and O–H groups in total. The van der Waals surface area contributed by atoms with Gasteiger partial charge in [0.25, 0.3) is 5.56 Å². The molecule has 6 heteroatoms. The predicted molar refractivity (Wildman–Crippen MR) is 41.5 cm³/mol. The maximum absolute atomic E-state index is 12.1. The van der Waals surface area contributed by atoms with E-state index in [2.05, 4.69) is 5.32 Å². The van der Waals surface area contributed by atoms with E-state index in [0.717, 1.165) is 6.07 Å². The van der Waals surface area contributed by atoms with Crippen LogP contribution in [0.15, 0.2) is 23.1 Å². The fourth-order valence-corrected chi connectivity index (χ4v) is 0.833. The normalized spacial score (nSPS) is 11.4. The zero-order valence-electron chi connectivity index (χ0n) is 6.72. The zero-order valence-corrected chi connectivity index (χ0v) is 6.72. The summed E-state index contributed by atoms with van der Waals surface area (Å²) in [5.41, 5.74) is -0.858. The Morgan fingerprint density at radius 1 is 1.38 bits per heavy atom. The number of rotatable bonds is 1. The summed E-state index contributed by atoms with van der Waals surface area (Å²) in [6, 6.07) is 2.14. The highest BCUT2D eigenvalue weighted by Gasteiger charge is 2.31. The van der Waals surface area contributed by atoms with Crippen LogP contribution in [0.2, 0.25) is 0 Å². The van der Waals surface area contributed by atoms with Crippen LogP contribution in [0.1, 0.15) is 0 Å². The standard InChI is InChI=1S/C7H7F3N2O/c1-11-5-2-3-6(13)12(4-5)7(8,9)10/h2-4,11H,1H3. The molecule has 0 bridgehead atoms. The number of alkyl halides is 3. The Bertz CT molecular complexity index is 355. The third-order valence-electron chi connectivity index (χ3n) is 1.47. The van der Waals surface area contributed by atoms with Crippen LogP contribution in [0.25, 0.3) is 0 Å². The molecule has 1 aromatic rings. The number of nitrogens with zero attached hydrogens (tertiary/aromatic N) is 1. The predicted octanol–water partition coefficient (Wildman–Crippen LogP) is 1.37. The summed E-state index contributed by atoms with van der Waals surface area (Å²) in [4.78, 5) is 10.7. The van der Waals surface area contributed by atoms with Gasteiger partial charge in [0.1, 0.15) is 0 Å². The molecule has 0 saturated heterocycles. The molecule has 0 aromatic carbocycles. The summed E-state index contributed by atoms with van der Waals surface area (Å²) < 4.78 is 36.0. The van der Waals surface area contributed by atoms with Crippen LogP contribution in [0.5, 0.6) is 0 Å². The van der Waals surface area contributed by atoms with Crippen LogP contribution in [0, 0.1) is 0 Å². The first kappa shape index (κ1) is 9.63. The van der Waals surface area contributed by atoms with Crippen LogP contribution in [0.4, 0.5) is 18.9 Å². The molecule has 72 valence electrons. The lowest BCUT2D eigenvalue weighted by Gasteiger charge is -2.10. The van der Waals surface area contributed by atoms with E-state index in [1.807, 2.05) is 0 Å².